The molecule has 7 heteroatoms. The molecule has 5 nitrogen and oxygen atoms in total. The Bertz CT molecular complexity index is 728. The molecule has 26 heavy (non-hydrogen) atoms. The maximum Gasteiger partial charge on any atom is 0.229 e. The van der Waals surface area contributed by atoms with Crippen molar-refractivity contribution in [3.63, 3.8) is 0 Å². The summed E-state index contributed by atoms with van der Waals surface area (Å²) in [5.41, 5.74) is 2.64. The predicted molar refractivity (Wildman–Crippen MR) is 97.4 cm³/mol. The lowest BCUT2D eigenvalue weighted by atomic mass is 10.1. The number of aromatic nitrogens is 1. The van der Waals surface area contributed by atoms with Crippen molar-refractivity contribution in [3.8, 4) is 0 Å². The number of carbonyl (C=O) groups excluding carboxylic acids is 1. The van der Waals surface area contributed by atoms with Crippen LogP contribution in [0.1, 0.15) is 29.7 Å². The lowest BCUT2D eigenvalue weighted by molar-refractivity contribution is -0.131. The van der Waals surface area contributed by atoms with Crippen LogP contribution >= 0.6 is 11.6 Å². The van der Waals surface area contributed by atoms with Crippen LogP contribution in [0.4, 0.5) is 4.39 Å². The van der Waals surface area contributed by atoms with Crippen LogP contribution in [0.25, 0.3) is 0 Å². The van der Waals surface area contributed by atoms with Crippen molar-refractivity contribution in [3.05, 3.63) is 52.1 Å². The zero-order chi connectivity index (χ0) is 18.5. The van der Waals surface area contributed by atoms with Crippen molar-refractivity contribution in [1.82, 2.24) is 15.0 Å². The number of halogens is 2. The van der Waals surface area contributed by atoms with E-state index >= 15 is 0 Å². The minimum atomic E-state index is -0.218. The molecule has 2 aromatic rings. The molecule has 1 fully saturated rings. The third kappa shape index (κ3) is 4.83. The first-order valence-electron chi connectivity index (χ1n) is 8.88. The Morgan fingerprint density at radius 2 is 2.00 bits per heavy atom. The number of benzene rings is 1. The highest BCUT2D eigenvalue weighted by molar-refractivity contribution is 6.29. The van der Waals surface area contributed by atoms with Gasteiger partial charge in [0, 0.05) is 44.7 Å². The van der Waals surface area contributed by atoms with E-state index in [2.05, 4.69) is 10.1 Å². The van der Waals surface area contributed by atoms with Gasteiger partial charge in [-0.1, -0.05) is 17.3 Å². The summed E-state index contributed by atoms with van der Waals surface area (Å²) >= 11 is 5.96. The van der Waals surface area contributed by atoms with Crippen molar-refractivity contribution in [2.75, 3.05) is 26.2 Å². The average molecular weight is 380 g/mol. The van der Waals surface area contributed by atoms with Crippen LogP contribution in [0, 0.1) is 12.7 Å². The third-order valence-electron chi connectivity index (χ3n) is 4.79. The number of carbonyl (C=O) groups is 1. The van der Waals surface area contributed by atoms with Gasteiger partial charge in [0.15, 0.2) is 0 Å². The van der Waals surface area contributed by atoms with Crippen LogP contribution in [-0.2, 0) is 17.8 Å². The fraction of sp³-hybridized carbons (Fsp3) is 0.474. The summed E-state index contributed by atoms with van der Waals surface area (Å²) < 4.78 is 18.0. The summed E-state index contributed by atoms with van der Waals surface area (Å²) in [6, 6.07) is 6.60. The van der Waals surface area contributed by atoms with Crippen LogP contribution in [0.15, 0.2) is 28.8 Å². The minimum absolute atomic E-state index is 0.130. The van der Waals surface area contributed by atoms with E-state index < -0.39 is 0 Å². The second-order valence-corrected chi connectivity index (χ2v) is 7.00. The van der Waals surface area contributed by atoms with E-state index in [1.807, 2.05) is 24.0 Å². The second kappa shape index (κ2) is 8.64. The second-order valence-electron chi connectivity index (χ2n) is 6.66. The van der Waals surface area contributed by atoms with Gasteiger partial charge in [-0.3, -0.25) is 9.69 Å². The first kappa shape index (κ1) is 18.9. The van der Waals surface area contributed by atoms with Gasteiger partial charge in [-0.15, -0.1) is 0 Å². The van der Waals surface area contributed by atoms with E-state index in [1.165, 1.54) is 12.1 Å². The molecule has 1 aliphatic heterocycles. The maximum atomic E-state index is 13.0. The quantitative estimate of drug-likeness (QED) is 0.798. The molecule has 0 radical (unpaired) electrons. The number of aryl methyl sites for hydroxylation is 1. The van der Waals surface area contributed by atoms with Crippen molar-refractivity contribution in [1.29, 1.82) is 0 Å². The molecule has 0 atom stereocenters. The maximum absolute atomic E-state index is 13.0. The molecule has 140 valence electrons. The van der Waals surface area contributed by atoms with Gasteiger partial charge in [-0.25, -0.2) is 4.39 Å². The van der Waals surface area contributed by atoms with Gasteiger partial charge in [-0.2, -0.15) is 0 Å². The van der Waals surface area contributed by atoms with E-state index in [1.54, 1.807) is 0 Å². The Labute approximate surface area is 157 Å². The van der Waals surface area contributed by atoms with Crippen molar-refractivity contribution >= 4 is 17.5 Å². The van der Waals surface area contributed by atoms with E-state index in [-0.39, 0.29) is 16.9 Å². The van der Waals surface area contributed by atoms with Gasteiger partial charge >= 0.3 is 0 Å². The molecular weight excluding hydrogens is 357 g/mol. The normalized spacial score (nSPS) is 15.9. The first-order valence-corrected chi connectivity index (χ1v) is 9.26. The standard InChI is InChI=1S/C19H23ClFN3O2/c1-14-17(19(20)26-22-14)7-8-18(25)24-10-2-9-23(11-12-24)13-15-3-5-16(21)6-4-15/h3-6H,2,7-13H2,1H3. The molecule has 1 amide bonds. The molecule has 0 unspecified atom stereocenters. The Hall–Kier alpha value is -1.92. The smallest absolute Gasteiger partial charge is 0.229 e. The SMILES string of the molecule is Cc1noc(Cl)c1CCC(=O)N1CCCN(Cc2ccc(F)cc2)CC1. The van der Waals surface area contributed by atoms with Crippen LogP contribution in [0.2, 0.25) is 5.22 Å². The van der Waals surface area contributed by atoms with Crippen LogP contribution in [0.3, 0.4) is 0 Å². The molecule has 2 heterocycles. The van der Waals surface area contributed by atoms with Crippen LogP contribution < -0.4 is 0 Å². The van der Waals surface area contributed by atoms with Gasteiger partial charge in [0.25, 0.3) is 0 Å². The highest BCUT2D eigenvalue weighted by atomic mass is 35.5. The van der Waals surface area contributed by atoms with Gasteiger partial charge < -0.3 is 9.42 Å². The highest BCUT2D eigenvalue weighted by Crippen LogP contribution is 2.21. The Morgan fingerprint density at radius 1 is 1.23 bits per heavy atom. The molecule has 1 aliphatic rings. The first-order chi connectivity index (χ1) is 12.5. The van der Waals surface area contributed by atoms with Crippen LogP contribution in [0.5, 0.6) is 0 Å². The zero-order valence-corrected chi connectivity index (χ0v) is 15.6. The molecule has 0 spiro atoms. The molecule has 0 saturated carbocycles. The molecule has 3 rings (SSSR count). The molecular formula is C19H23ClFN3O2. The Kier molecular flexibility index (Phi) is 6.27. The molecule has 0 aliphatic carbocycles. The number of hydrogen-bond donors (Lipinski definition) is 0. The predicted octanol–water partition coefficient (Wildman–Crippen LogP) is 3.44. The van der Waals surface area contributed by atoms with Crippen molar-refractivity contribution in [2.24, 2.45) is 0 Å². The fourth-order valence-corrected chi connectivity index (χ4v) is 3.52. The molecule has 1 saturated heterocycles. The molecule has 0 N–H and O–H groups in total. The van der Waals surface area contributed by atoms with Crippen LogP contribution in [-0.4, -0.2) is 47.0 Å². The van der Waals surface area contributed by atoms with E-state index in [4.69, 9.17) is 16.1 Å². The largest absolute Gasteiger partial charge is 0.344 e. The summed E-state index contributed by atoms with van der Waals surface area (Å²) in [5, 5.41) is 4.09. The van der Waals surface area contributed by atoms with E-state index in [9.17, 15) is 9.18 Å². The van der Waals surface area contributed by atoms with Gasteiger partial charge in [-0.05, 0) is 49.1 Å². The van der Waals surface area contributed by atoms with Gasteiger partial charge in [0.2, 0.25) is 11.1 Å². The van der Waals surface area contributed by atoms with Crippen molar-refractivity contribution < 1.29 is 13.7 Å². The topological polar surface area (TPSA) is 49.6 Å². The lowest BCUT2D eigenvalue weighted by Gasteiger charge is -2.22. The average Bonchev–Trinajstić information content (AvgIpc) is 2.82. The zero-order valence-electron chi connectivity index (χ0n) is 14.9. The minimum Gasteiger partial charge on any atom is -0.344 e. The summed E-state index contributed by atoms with van der Waals surface area (Å²) in [4.78, 5) is 16.8. The summed E-state index contributed by atoms with van der Waals surface area (Å²) in [6.45, 7) is 5.81. The Balaban J connectivity index is 1.49. The highest BCUT2D eigenvalue weighted by Gasteiger charge is 2.20. The monoisotopic (exact) mass is 379 g/mol. The number of nitrogens with zero attached hydrogens (tertiary/aromatic N) is 3. The van der Waals surface area contributed by atoms with Gasteiger partial charge in [0.05, 0.1) is 5.69 Å². The number of hydrogen-bond acceptors (Lipinski definition) is 4. The number of amides is 1. The summed E-state index contributed by atoms with van der Waals surface area (Å²) in [5.74, 6) is -0.0881. The van der Waals surface area contributed by atoms with E-state index in [0.717, 1.165) is 49.4 Å². The Morgan fingerprint density at radius 3 is 2.69 bits per heavy atom. The molecule has 0 bridgehead atoms. The fourth-order valence-electron chi connectivity index (χ4n) is 3.26. The molecule has 1 aromatic heterocycles. The number of rotatable bonds is 5. The molecule has 1 aromatic carbocycles. The van der Waals surface area contributed by atoms with E-state index in [0.29, 0.717) is 19.4 Å². The third-order valence-corrected chi connectivity index (χ3v) is 5.08. The van der Waals surface area contributed by atoms with Crippen molar-refractivity contribution in [2.45, 2.75) is 32.7 Å². The lowest BCUT2D eigenvalue weighted by Crippen LogP contribution is -2.35. The summed E-state index contributed by atoms with van der Waals surface area (Å²) in [7, 11) is 0. The van der Waals surface area contributed by atoms with Gasteiger partial charge in [0.1, 0.15) is 5.82 Å². The summed E-state index contributed by atoms with van der Waals surface area (Å²) in [6.07, 6.45) is 1.88.